The van der Waals surface area contributed by atoms with Crippen LogP contribution in [0.2, 0.25) is 0 Å². The first-order valence-electron chi connectivity index (χ1n) is 9.26. The van der Waals surface area contributed by atoms with Gasteiger partial charge in [0.15, 0.2) is 0 Å². The molecule has 0 spiro atoms. The van der Waals surface area contributed by atoms with Crippen LogP contribution in [0.4, 0.5) is 20.6 Å². The van der Waals surface area contributed by atoms with Crippen molar-refractivity contribution in [3.63, 3.8) is 0 Å². The lowest BCUT2D eigenvalue weighted by Crippen LogP contribution is -2.39. The Morgan fingerprint density at radius 3 is 2.41 bits per heavy atom. The molecular formula is C21H27FN4O3. The Kier molecular flexibility index (Phi) is 8.11. The van der Waals surface area contributed by atoms with Gasteiger partial charge in [0.1, 0.15) is 5.82 Å². The highest BCUT2D eigenvalue weighted by molar-refractivity contribution is 5.92. The number of hydrogen-bond donors (Lipinski definition) is 4. The molecule has 0 aliphatic rings. The standard InChI is InChI=1S/C21H27FN4O3/c1-14(27)24-19-11-17(9-10-18(19)22)25-21(29)23-12-16(13-26(2)3)20(28)15-7-5-4-6-8-15/h4-11,16,20,28H,12-13H2,1-3H3,(H,24,27)(H2,23,25,29)/t16-,20-/m1/s1. The molecule has 7 nitrogen and oxygen atoms in total. The van der Waals surface area contributed by atoms with Gasteiger partial charge in [0.2, 0.25) is 5.91 Å². The van der Waals surface area contributed by atoms with Crippen molar-refractivity contribution in [3.8, 4) is 0 Å². The molecule has 2 rings (SSSR count). The molecule has 0 heterocycles. The molecule has 0 aliphatic heterocycles. The first-order chi connectivity index (χ1) is 13.8. The highest BCUT2D eigenvalue weighted by Gasteiger charge is 2.22. The normalized spacial score (nSPS) is 12.9. The minimum atomic E-state index is -0.740. The molecule has 0 bridgehead atoms. The van der Waals surface area contributed by atoms with E-state index < -0.39 is 23.9 Å². The summed E-state index contributed by atoms with van der Waals surface area (Å²) in [6.45, 7) is 2.08. The number of amides is 3. The molecule has 156 valence electrons. The van der Waals surface area contributed by atoms with Gasteiger partial charge in [-0.1, -0.05) is 30.3 Å². The number of nitrogens with one attached hydrogen (secondary N) is 3. The fourth-order valence-electron chi connectivity index (χ4n) is 2.95. The molecule has 2 aromatic rings. The minimum absolute atomic E-state index is 0.0136. The monoisotopic (exact) mass is 402 g/mol. The van der Waals surface area contributed by atoms with E-state index in [0.29, 0.717) is 12.2 Å². The molecule has 0 saturated heterocycles. The van der Waals surface area contributed by atoms with E-state index in [9.17, 15) is 19.1 Å². The Bertz CT molecular complexity index is 830. The second-order valence-electron chi connectivity index (χ2n) is 7.09. The average molecular weight is 402 g/mol. The second kappa shape index (κ2) is 10.5. The van der Waals surface area contributed by atoms with Gasteiger partial charge in [-0.25, -0.2) is 9.18 Å². The zero-order valence-corrected chi connectivity index (χ0v) is 16.8. The molecule has 29 heavy (non-hydrogen) atoms. The van der Waals surface area contributed by atoms with Crippen LogP contribution in [-0.2, 0) is 4.79 Å². The van der Waals surface area contributed by atoms with E-state index in [1.165, 1.54) is 19.1 Å². The average Bonchev–Trinajstić information content (AvgIpc) is 2.67. The van der Waals surface area contributed by atoms with Crippen molar-refractivity contribution in [2.75, 3.05) is 37.8 Å². The summed E-state index contributed by atoms with van der Waals surface area (Å²) >= 11 is 0. The Morgan fingerprint density at radius 2 is 1.79 bits per heavy atom. The van der Waals surface area contributed by atoms with Crippen LogP contribution in [0.15, 0.2) is 48.5 Å². The molecule has 0 aromatic heterocycles. The number of aliphatic hydroxyl groups excluding tert-OH is 1. The van der Waals surface area contributed by atoms with E-state index in [1.807, 2.05) is 49.3 Å². The molecule has 2 atom stereocenters. The van der Waals surface area contributed by atoms with Gasteiger partial charge in [0.25, 0.3) is 0 Å². The SMILES string of the molecule is CC(=O)Nc1cc(NC(=O)NC[C@H](CN(C)C)[C@H](O)c2ccccc2)ccc1F. The molecule has 0 radical (unpaired) electrons. The first-order valence-corrected chi connectivity index (χ1v) is 9.26. The van der Waals surface area contributed by atoms with Gasteiger partial charge < -0.3 is 26.0 Å². The third-order valence-electron chi connectivity index (χ3n) is 4.25. The molecule has 8 heteroatoms. The smallest absolute Gasteiger partial charge is 0.319 e. The quantitative estimate of drug-likeness (QED) is 0.546. The number of rotatable bonds is 8. The van der Waals surface area contributed by atoms with Gasteiger partial charge in [0.05, 0.1) is 11.8 Å². The molecule has 0 fully saturated rings. The number of anilines is 2. The molecule has 2 aromatic carbocycles. The Hall–Kier alpha value is -2.97. The fourth-order valence-corrected chi connectivity index (χ4v) is 2.95. The molecule has 0 aliphatic carbocycles. The van der Waals surface area contributed by atoms with Crippen molar-refractivity contribution >= 4 is 23.3 Å². The van der Waals surface area contributed by atoms with Crippen molar-refractivity contribution in [2.24, 2.45) is 5.92 Å². The van der Waals surface area contributed by atoms with Crippen LogP contribution in [0.5, 0.6) is 0 Å². The molecule has 3 amide bonds. The van der Waals surface area contributed by atoms with Crippen molar-refractivity contribution in [3.05, 3.63) is 59.9 Å². The highest BCUT2D eigenvalue weighted by Crippen LogP contribution is 2.22. The van der Waals surface area contributed by atoms with Crippen molar-refractivity contribution in [2.45, 2.75) is 13.0 Å². The van der Waals surface area contributed by atoms with Gasteiger partial charge in [-0.05, 0) is 37.9 Å². The van der Waals surface area contributed by atoms with E-state index in [-0.39, 0.29) is 18.2 Å². The summed E-state index contributed by atoms with van der Waals surface area (Å²) in [4.78, 5) is 25.4. The van der Waals surface area contributed by atoms with Gasteiger partial charge in [-0.2, -0.15) is 0 Å². The third kappa shape index (κ3) is 7.17. The maximum Gasteiger partial charge on any atom is 0.319 e. The van der Waals surface area contributed by atoms with E-state index in [4.69, 9.17) is 0 Å². The van der Waals surface area contributed by atoms with Crippen LogP contribution >= 0.6 is 0 Å². The third-order valence-corrected chi connectivity index (χ3v) is 4.25. The maximum absolute atomic E-state index is 13.7. The summed E-state index contributed by atoms with van der Waals surface area (Å²) in [5.74, 6) is -1.24. The van der Waals surface area contributed by atoms with Crippen molar-refractivity contribution < 1.29 is 19.1 Å². The summed E-state index contributed by atoms with van der Waals surface area (Å²) in [5, 5.41) is 18.4. The lowest BCUT2D eigenvalue weighted by atomic mass is 9.95. The number of urea groups is 1. The number of hydrogen-bond acceptors (Lipinski definition) is 4. The zero-order valence-electron chi connectivity index (χ0n) is 16.8. The Morgan fingerprint density at radius 1 is 1.10 bits per heavy atom. The van der Waals surface area contributed by atoms with Gasteiger partial charge in [-0.3, -0.25) is 4.79 Å². The summed E-state index contributed by atoms with van der Waals surface area (Å²) in [5.41, 5.74) is 1.10. The van der Waals surface area contributed by atoms with Gasteiger partial charge in [0, 0.05) is 31.6 Å². The number of carbonyl (C=O) groups excluding carboxylic acids is 2. The van der Waals surface area contributed by atoms with Crippen LogP contribution in [0.3, 0.4) is 0 Å². The van der Waals surface area contributed by atoms with Crippen LogP contribution in [-0.4, -0.2) is 49.1 Å². The number of halogens is 1. The largest absolute Gasteiger partial charge is 0.388 e. The van der Waals surface area contributed by atoms with E-state index in [0.717, 1.165) is 11.6 Å². The van der Waals surface area contributed by atoms with Crippen molar-refractivity contribution in [1.82, 2.24) is 10.2 Å². The van der Waals surface area contributed by atoms with Crippen molar-refractivity contribution in [1.29, 1.82) is 0 Å². The molecular weight excluding hydrogens is 375 g/mol. The van der Waals surface area contributed by atoms with E-state index in [1.54, 1.807) is 0 Å². The van der Waals surface area contributed by atoms with Crippen LogP contribution in [0, 0.1) is 11.7 Å². The Balaban J connectivity index is 2.00. The topological polar surface area (TPSA) is 93.7 Å². The van der Waals surface area contributed by atoms with E-state index in [2.05, 4.69) is 16.0 Å². The minimum Gasteiger partial charge on any atom is -0.388 e. The highest BCUT2D eigenvalue weighted by atomic mass is 19.1. The molecule has 0 unspecified atom stereocenters. The predicted octanol–water partition coefficient (Wildman–Crippen LogP) is 2.82. The zero-order chi connectivity index (χ0) is 21.4. The molecule has 0 saturated carbocycles. The summed E-state index contributed by atoms with van der Waals surface area (Å²) in [7, 11) is 3.79. The number of aliphatic hydroxyl groups is 1. The van der Waals surface area contributed by atoms with Crippen LogP contribution in [0.1, 0.15) is 18.6 Å². The molecule has 4 N–H and O–H groups in total. The first kappa shape index (κ1) is 22.3. The van der Waals surface area contributed by atoms with Gasteiger partial charge in [-0.15, -0.1) is 0 Å². The fraction of sp³-hybridized carbons (Fsp3) is 0.333. The van der Waals surface area contributed by atoms with Crippen LogP contribution in [0.25, 0.3) is 0 Å². The van der Waals surface area contributed by atoms with E-state index >= 15 is 0 Å². The second-order valence-corrected chi connectivity index (χ2v) is 7.09. The lowest BCUT2D eigenvalue weighted by molar-refractivity contribution is -0.114. The Labute approximate surface area is 169 Å². The lowest BCUT2D eigenvalue weighted by Gasteiger charge is -2.26. The summed E-state index contributed by atoms with van der Waals surface area (Å²) < 4.78 is 13.7. The predicted molar refractivity (Wildman–Crippen MR) is 111 cm³/mol. The number of carbonyl (C=O) groups is 2. The van der Waals surface area contributed by atoms with Gasteiger partial charge >= 0.3 is 6.03 Å². The maximum atomic E-state index is 13.7. The summed E-state index contributed by atoms with van der Waals surface area (Å²) in [6, 6.07) is 12.7. The number of nitrogens with zero attached hydrogens (tertiary/aromatic N) is 1. The number of benzene rings is 2. The van der Waals surface area contributed by atoms with Crippen LogP contribution < -0.4 is 16.0 Å². The summed E-state index contributed by atoms with van der Waals surface area (Å²) in [6.07, 6.45) is -0.740.